The Balaban J connectivity index is 1.40. The first-order valence-corrected chi connectivity index (χ1v) is 10.9. The van der Waals surface area contributed by atoms with Gasteiger partial charge in [0, 0.05) is 37.5 Å². The van der Waals surface area contributed by atoms with Crippen molar-refractivity contribution in [3.8, 4) is 11.5 Å². The fourth-order valence-corrected chi connectivity index (χ4v) is 3.84. The molecule has 1 aromatic carbocycles. The molecule has 31 heavy (non-hydrogen) atoms. The summed E-state index contributed by atoms with van der Waals surface area (Å²) >= 11 is 0. The molecule has 2 aromatic rings. The molecule has 7 nitrogen and oxygen atoms in total. The molecule has 0 atom stereocenters. The van der Waals surface area contributed by atoms with E-state index in [4.69, 9.17) is 9.47 Å². The molecule has 0 radical (unpaired) electrons. The lowest BCUT2D eigenvalue weighted by atomic mass is 10.1. The molecule has 2 amide bonds. The molecule has 1 saturated heterocycles. The molecule has 1 aliphatic carbocycles. The standard InChI is InChI=1S/C24H29N3O4/c1-16-4-3-5-18(26-16)15-25-23(28)21-14-20(30-2)8-9-22(21)31-19-10-12-27(13-11-19)24(29)17-6-7-17/h3-5,8-9,14,17,19H,6-7,10-13,15H2,1-2H3,(H,25,28). The first kappa shape index (κ1) is 21.2. The molecule has 164 valence electrons. The highest BCUT2D eigenvalue weighted by atomic mass is 16.5. The van der Waals surface area contributed by atoms with Crippen molar-refractivity contribution < 1.29 is 19.1 Å². The maximum Gasteiger partial charge on any atom is 0.255 e. The average molecular weight is 424 g/mol. The summed E-state index contributed by atoms with van der Waals surface area (Å²) in [6.07, 6.45) is 3.55. The van der Waals surface area contributed by atoms with Gasteiger partial charge in [-0.15, -0.1) is 0 Å². The summed E-state index contributed by atoms with van der Waals surface area (Å²) in [7, 11) is 1.57. The average Bonchev–Trinajstić information content (AvgIpc) is 3.63. The number of carbonyl (C=O) groups is 2. The maximum atomic E-state index is 12.9. The Morgan fingerprint density at radius 2 is 1.90 bits per heavy atom. The van der Waals surface area contributed by atoms with Gasteiger partial charge in [-0.3, -0.25) is 14.6 Å². The fourth-order valence-electron chi connectivity index (χ4n) is 3.84. The van der Waals surface area contributed by atoms with Crippen LogP contribution in [-0.2, 0) is 11.3 Å². The molecule has 1 N–H and O–H groups in total. The summed E-state index contributed by atoms with van der Waals surface area (Å²) in [5.41, 5.74) is 2.14. The van der Waals surface area contributed by atoms with Crippen molar-refractivity contribution in [3.63, 3.8) is 0 Å². The number of amides is 2. The van der Waals surface area contributed by atoms with Gasteiger partial charge in [0.15, 0.2) is 0 Å². The van der Waals surface area contributed by atoms with Gasteiger partial charge in [0.1, 0.15) is 17.6 Å². The molecular weight excluding hydrogens is 394 g/mol. The second kappa shape index (κ2) is 9.37. The summed E-state index contributed by atoms with van der Waals surface area (Å²) in [6, 6.07) is 11.0. The highest BCUT2D eigenvalue weighted by molar-refractivity contribution is 5.97. The fraction of sp³-hybridized carbons (Fsp3) is 0.458. The van der Waals surface area contributed by atoms with E-state index >= 15 is 0 Å². The Morgan fingerprint density at radius 3 is 2.58 bits per heavy atom. The predicted molar refractivity (Wildman–Crippen MR) is 116 cm³/mol. The van der Waals surface area contributed by atoms with Crippen LogP contribution in [0, 0.1) is 12.8 Å². The Bertz CT molecular complexity index is 950. The minimum Gasteiger partial charge on any atom is -0.497 e. The zero-order valence-electron chi connectivity index (χ0n) is 18.1. The maximum absolute atomic E-state index is 12.9. The van der Waals surface area contributed by atoms with Gasteiger partial charge in [-0.05, 0) is 50.1 Å². The van der Waals surface area contributed by atoms with E-state index in [0.717, 1.165) is 37.1 Å². The van der Waals surface area contributed by atoms with Crippen molar-refractivity contribution in [2.45, 2.75) is 45.3 Å². The van der Waals surface area contributed by atoms with Crippen molar-refractivity contribution in [3.05, 3.63) is 53.3 Å². The van der Waals surface area contributed by atoms with Crippen molar-refractivity contribution in [1.82, 2.24) is 15.2 Å². The number of aromatic nitrogens is 1. The minimum absolute atomic E-state index is 0.0263. The van der Waals surface area contributed by atoms with Crippen LogP contribution in [0.5, 0.6) is 11.5 Å². The highest BCUT2D eigenvalue weighted by Gasteiger charge is 2.35. The Morgan fingerprint density at radius 1 is 1.13 bits per heavy atom. The number of nitrogens with one attached hydrogen (secondary N) is 1. The monoisotopic (exact) mass is 423 g/mol. The third kappa shape index (κ3) is 5.34. The van der Waals surface area contributed by atoms with E-state index < -0.39 is 0 Å². The van der Waals surface area contributed by atoms with Gasteiger partial charge < -0.3 is 19.7 Å². The van der Waals surface area contributed by atoms with Crippen LogP contribution in [0.3, 0.4) is 0 Å². The lowest BCUT2D eigenvalue weighted by molar-refractivity contribution is -0.134. The van der Waals surface area contributed by atoms with Crippen molar-refractivity contribution in [2.75, 3.05) is 20.2 Å². The van der Waals surface area contributed by atoms with E-state index in [1.165, 1.54) is 0 Å². The molecule has 2 aliphatic rings. The first-order valence-electron chi connectivity index (χ1n) is 10.9. The molecule has 1 aliphatic heterocycles. The summed E-state index contributed by atoms with van der Waals surface area (Å²) in [5.74, 6) is 1.42. The van der Waals surface area contributed by atoms with Crippen LogP contribution >= 0.6 is 0 Å². The number of hydrogen-bond donors (Lipinski definition) is 1. The number of ether oxygens (including phenoxy) is 2. The molecular formula is C24H29N3O4. The van der Waals surface area contributed by atoms with E-state index in [0.29, 0.717) is 36.7 Å². The highest BCUT2D eigenvalue weighted by Crippen LogP contribution is 2.33. The summed E-state index contributed by atoms with van der Waals surface area (Å²) in [4.78, 5) is 31.6. The number of piperidine rings is 1. The van der Waals surface area contributed by atoms with Crippen LogP contribution in [0.1, 0.15) is 47.4 Å². The molecule has 1 saturated carbocycles. The number of likely N-dealkylation sites (tertiary alicyclic amines) is 1. The quantitative estimate of drug-likeness (QED) is 0.740. The first-order chi connectivity index (χ1) is 15.0. The lowest BCUT2D eigenvalue weighted by Crippen LogP contribution is -2.42. The third-order valence-electron chi connectivity index (χ3n) is 5.78. The number of hydrogen-bond acceptors (Lipinski definition) is 5. The Labute approximate surface area is 182 Å². The molecule has 1 aromatic heterocycles. The Kier molecular flexibility index (Phi) is 6.39. The zero-order valence-corrected chi connectivity index (χ0v) is 18.1. The molecule has 0 bridgehead atoms. The summed E-state index contributed by atoms with van der Waals surface area (Å²) < 4.78 is 11.5. The number of aryl methyl sites for hydroxylation is 1. The van der Waals surface area contributed by atoms with E-state index in [-0.39, 0.29) is 23.8 Å². The predicted octanol–water partition coefficient (Wildman–Crippen LogP) is 3.11. The van der Waals surface area contributed by atoms with E-state index in [1.54, 1.807) is 25.3 Å². The SMILES string of the molecule is COc1ccc(OC2CCN(C(=O)C3CC3)CC2)c(C(=O)NCc2cccc(C)n2)c1. The lowest BCUT2D eigenvalue weighted by Gasteiger charge is -2.32. The van der Waals surface area contributed by atoms with Gasteiger partial charge >= 0.3 is 0 Å². The molecule has 7 heteroatoms. The topological polar surface area (TPSA) is 80.8 Å². The van der Waals surface area contributed by atoms with Gasteiger partial charge in [-0.25, -0.2) is 0 Å². The van der Waals surface area contributed by atoms with Crippen LogP contribution in [0.4, 0.5) is 0 Å². The summed E-state index contributed by atoms with van der Waals surface area (Å²) in [6.45, 7) is 3.66. The number of methoxy groups -OCH3 is 1. The Hall–Kier alpha value is -3.09. The van der Waals surface area contributed by atoms with Gasteiger partial charge in [0.2, 0.25) is 5.91 Å². The van der Waals surface area contributed by atoms with E-state index in [2.05, 4.69) is 10.3 Å². The molecule has 4 rings (SSSR count). The van der Waals surface area contributed by atoms with E-state index in [9.17, 15) is 9.59 Å². The van der Waals surface area contributed by atoms with E-state index in [1.807, 2.05) is 30.0 Å². The van der Waals surface area contributed by atoms with Crippen molar-refractivity contribution in [1.29, 1.82) is 0 Å². The molecule has 0 spiro atoms. The summed E-state index contributed by atoms with van der Waals surface area (Å²) in [5, 5.41) is 2.92. The van der Waals surface area contributed by atoms with Crippen molar-refractivity contribution >= 4 is 11.8 Å². The van der Waals surface area contributed by atoms with Crippen LogP contribution in [0.25, 0.3) is 0 Å². The van der Waals surface area contributed by atoms with Crippen LogP contribution < -0.4 is 14.8 Å². The largest absolute Gasteiger partial charge is 0.497 e. The van der Waals surface area contributed by atoms with Crippen molar-refractivity contribution in [2.24, 2.45) is 5.92 Å². The van der Waals surface area contributed by atoms with Gasteiger partial charge in [-0.1, -0.05) is 6.07 Å². The van der Waals surface area contributed by atoms with Gasteiger partial charge in [0.05, 0.1) is 24.9 Å². The van der Waals surface area contributed by atoms with Gasteiger partial charge in [0.25, 0.3) is 5.91 Å². The second-order valence-corrected chi connectivity index (χ2v) is 8.23. The van der Waals surface area contributed by atoms with Crippen LogP contribution in [-0.4, -0.2) is 48.0 Å². The number of nitrogens with zero attached hydrogens (tertiary/aromatic N) is 2. The third-order valence-corrected chi connectivity index (χ3v) is 5.78. The number of benzene rings is 1. The normalized spacial score (nSPS) is 16.6. The number of rotatable bonds is 7. The number of pyridine rings is 1. The zero-order chi connectivity index (χ0) is 21.8. The minimum atomic E-state index is -0.237. The molecule has 2 fully saturated rings. The van der Waals surface area contributed by atoms with Crippen LogP contribution in [0.2, 0.25) is 0 Å². The smallest absolute Gasteiger partial charge is 0.255 e. The number of carbonyl (C=O) groups excluding carboxylic acids is 2. The van der Waals surface area contributed by atoms with Gasteiger partial charge in [-0.2, -0.15) is 0 Å². The van der Waals surface area contributed by atoms with Crippen LogP contribution in [0.15, 0.2) is 36.4 Å². The second-order valence-electron chi connectivity index (χ2n) is 8.23. The molecule has 0 unspecified atom stereocenters. The molecule has 2 heterocycles.